The lowest BCUT2D eigenvalue weighted by Gasteiger charge is -2.31. The highest BCUT2D eigenvalue weighted by Gasteiger charge is 2.29. The summed E-state index contributed by atoms with van der Waals surface area (Å²) in [7, 11) is -3.48. The summed E-state index contributed by atoms with van der Waals surface area (Å²) in [6.07, 6.45) is 1.30. The predicted molar refractivity (Wildman–Crippen MR) is 101 cm³/mol. The van der Waals surface area contributed by atoms with E-state index in [1.165, 1.54) is 16.4 Å². The number of nitrogens with zero attached hydrogens (tertiary/aromatic N) is 2. The maximum absolute atomic E-state index is 12.6. The molecule has 0 spiro atoms. The molecule has 144 valence electrons. The molecule has 1 aliphatic rings. The molecule has 0 saturated carbocycles. The van der Waals surface area contributed by atoms with Crippen molar-refractivity contribution in [2.24, 2.45) is 5.92 Å². The first kappa shape index (κ1) is 19.5. The number of hydrogen-bond acceptors (Lipinski definition) is 6. The maximum atomic E-state index is 12.6. The zero-order chi connectivity index (χ0) is 19.4. The molecule has 1 aliphatic heterocycles. The number of hydrogen-bond donors (Lipinski definition) is 1. The third-order valence-corrected chi connectivity index (χ3v) is 7.45. The average Bonchev–Trinajstić information content (AvgIpc) is 3.18. The summed E-state index contributed by atoms with van der Waals surface area (Å²) in [4.78, 5) is 22.9. The first-order valence-corrected chi connectivity index (χ1v) is 10.7. The molecule has 2 aromatic rings. The molecule has 8 nitrogen and oxygen atoms in total. The summed E-state index contributed by atoms with van der Waals surface area (Å²) in [6.45, 7) is 1.23. The van der Waals surface area contributed by atoms with Gasteiger partial charge in [0.05, 0.1) is 14.7 Å². The van der Waals surface area contributed by atoms with Gasteiger partial charge >= 0.3 is 5.00 Å². The van der Waals surface area contributed by atoms with Crippen LogP contribution in [-0.4, -0.2) is 43.2 Å². The van der Waals surface area contributed by atoms with Crippen LogP contribution in [-0.2, 0) is 10.0 Å². The molecule has 10 heteroatoms. The molecule has 1 fully saturated rings. The molecule has 1 amide bonds. The molecular weight excluding hydrogens is 390 g/mol. The Morgan fingerprint density at radius 3 is 2.44 bits per heavy atom. The van der Waals surface area contributed by atoms with Gasteiger partial charge in [-0.3, -0.25) is 14.9 Å². The molecule has 0 atom stereocenters. The van der Waals surface area contributed by atoms with Crippen molar-refractivity contribution in [3.8, 4) is 0 Å². The Hall–Kier alpha value is -2.30. The second kappa shape index (κ2) is 8.15. The molecule has 0 radical (unpaired) electrons. The van der Waals surface area contributed by atoms with Gasteiger partial charge in [0.25, 0.3) is 5.91 Å². The molecule has 1 N–H and O–H groups in total. The van der Waals surface area contributed by atoms with Gasteiger partial charge in [-0.15, -0.1) is 0 Å². The van der Waals surface area contributed by atoms with Crippen molar-refractivity contribution in [1.29, 1.82) is 0 Å². The molecule has 27 heavy (non-hydrogen) atoms. The lowest BCUT2D eigenvalue weighted by Crippen LogP contribution is -2.41. The number of nitro groups is 1. The van der Waals surface area contributed by atoms with Crippen LogP contribution >= 0.6 is 11.3 Å². The van der Waals surface area contributed by atoms with Crippen molar-refractivity contribution >= 4 is 32.3 Å². The van der Waals surface area contributed by atoms with E-state index in [2.05, 4.69) is 5.32 Å². The number of carbonyl (C=O) groups excluding carboxylic acids is 1. The van der Waals surface area contributed by atoms with E-state index in [0.717, 1.165) is 11.3 Å². The molecule has 0 bridgehead atoms. The van der Waals surface area contributed by atoms with Crippen LogP contribution in [0.15, 0.2) is 47.4 Å². The Morgan fingerprint density at radius 2 is 1.85 bits per heavy atom. The first-order chi connectivity index (χ1) is 12.9. The van der Waals surface area contributed by atoms with Crippen molar-refractivity contribution < 1.29 is 18.1 Å². The van der Waals surface area contributed by atoms with Crippen molar-refractivity contribution in [2.45, 2.75) is 17.7 Å². The van der Waals surface area contributed by atoms with Crippen LogP contribution in [0.4, 0.5) is 5.00 Å². The highest BCUT2D eigenvalue weighted by atomic mass is 32.2. The zero-order valence-corrected chi connectivity index (χ0v) is 16.0. The number of thiophene rings is 1. The number of benzene rings is 1. The minimum Gasteiger partial charge on any atom is -0.351 e. The zero-order valence-electron chi connectivity index (χ0n) is 14.4. The van der Waals surface area contributed by atoms with Crippen LogP contribution < -0.4 is 5.32 Å². The van der Waals surface area contributed by atoms with Gasteiger partial charge < -0.3 is 5.32 Å². The second-order valence-electron chi connectivity index (χ2n) is 6.27. The monoisotopic (exact) mass is 409 g/mol. The minimum absolute atomic E-state index is 0.0698. The molecule has 1 aromatic heterocycles. The van der Waals surface area contributed by atoms with Crippen molar-refractivity contribution in [1.82, 2.24) is 9.62 Å². The molecular formula is C17H19N3O5S2. The van der Waals surface area contributed by atoms with E-state index in [4.69, 9.17) is 0 Å². The Bertz CT molecular complexity index is 919. The smallest absolute Gasteiger partial charge is 0.324 e. The van der Waals surface area contributed by atoms with Gasteiger partial charge in [0, 0.05) is 25.7 Å². The second-order valence-corrected chi connectivity index (χ2v) is 9.27. The maximum Gasteiger partial charge on any atom is 0.324 e. The van der Waals surface area contributed by atoms with Crippen molar-refractivity contribution in [3.63, 3.8) is 0 Å². The van der Waals surface area contributed by atoms with E-state index in [0.29, 0.717) is 37.4 Å². The van der Waals surface area contributed by atoms with E-state index < -0.39 is 14.9 Å². The Labute approximate surface area is 161 Å². The van der Waals surface area contributed by atoms with Gasteiger partial charge in [0.2, 0.25) is 10.0 Å². The highest BCUT2D eigenvalue weighted by molar-refractivity contribution is 7.89. The van der Waals surface area contributed by atoms with Crippen LogP contribution in [0.1, 0.15) is 22.5 Å². The minimum atomic E-state index is -3.48. The largest absolute Gasteiger partial charge is 0.351 e. The fourth-order valence-corrected chi connectivity index (χ4v) is 5.19. The van der Waals surface area contributed by atoms with Gasteiger partial charge in [-0.1, -0.05) is 29.5 Å². The molecule has 1 aromatic carbocycles. The van der Waals surface area contributed by atoms with Gasteiger partial charge in [0.15, 0.2) is 0 Å². The fourth-order valence-electron chi connectivity index (χ4n) is 2.97. The molecule has 1 saturated heterocycles. The van der Waals surface area contributed by atoms with Crippen LogP contribution in [0.5, 0.6) is 0 Å². The number of sulfonamides is 1. The molecule has 0 aliphatic carbocycles. The normalized spacial score (nSPS) is 16.1. The van der Waals surface area contributed by atoms with Crippen molar-refractivity contribution in [3.05, 3.63) is 57.5 Å². The van der Waals surface area contributed by atoms with Gasteiger partial charge in [-0.25, -0.2) is 8.42 Å². The number of amides is 1. The Kier molecular flexibility index (Phi) is 5.88. The van der Waals surface area contributed by atoms with Crippen molar-refractivity contribution in [2.75, 3.05) is 19.6 Å². The number of piperidine rings is 1. The quantitative estimate of drug-likeness (QED) is 0.582. The standard InChI is InChI=1S/C17H19N3O5S2/c21-17(15-6-7-16(26-15)20(22)23)18-12-13-8-10-19(11-9-13)27(24,25)14-4-2-1-3-5-14/h1-7,13H,8-12H2,(H,18,21). The summed E-state index contributed by atoms with van der Waals surface area (Å²) < 4.78 is 26.7. The molecule has 3 rings (SSSR count). The van der Waals surface area contributed by atoms with Crippen LogP contribution in [0, 0.1) is 16.0 Å². The number of rotatable bonds is 6. The van der Waals surface area contributed by atoms with E-state index in [-0.39, 0.29) is 21.7 Å². The number of carbonyl (C=O) groups is 1. The molecule has 0 unspecified atom stereocenters. The first-order valence-electron chi connectivity index (χ1n) is 8.45. The predicted octanol–water partition coefficient (Wildman–Crippen LogP) is 2.49. The summed E-state index contributed by atoms with van der Waals surface area (Å²) in [5, 5.41) is 13.4. The summed E-state index contributed by atoms with van der Waals surface area (Å²) >= 11 is 0.838. The van der Waals surface area contributed by atoms with Crippen LogP contribution in [0.25, 0.3) is 0 Å². The average molecular weight is 409 g/mol. The fraction of sp³-hybridized carbons (Fsp3) is 0.353. The lowest BCUT2D eigenvalue weighted by molar-refractivity contribution is -0.380. The van der Waals surface area contributed by atoms with Crippen LogP contribution in [0.2, 0.25) is 0 Å². The summed E-state index contributed by atoms with van der Waals surface area (Å²) in [6, 6.07) is 11.1. The van der Waals surface area contributed by atoms with Gasteiger partial charge in [0.1, 0.15) is 0 Å². The van der Waals surface area contributed by atoms with E-state index in [1.54, 1.807) is 30.3 Å². The van der Waals surface area contributed by atoms with E-state index >= 15 is 0 Å². The van der Waals surface area contributed by atoms with Gasteiger partial charge in [-0.05, 0) is 37.0 Å². The van der Waals surface area contributed by atoms with E-state index in [9.17, 15) is 23.3 Å². The summed E-state index contributed by atoms with van der Waals surface area (Å²) in [5.74, 6) is -0.168. The Balaban J connectivity index is 1.51. The summed E-state index contributed by atoms with van der Waals surface area (Å²) in [5.41, 5.74) is 0. The van der Waals surface area contributed by atoms with Crippen LogP contribution in [0.3, 0.4) is 0 Å². The molecule has 2 heterocycles. The third-order valence-electron chi connectivity index (χ3n) is 4.50. The SMILES string of the molecule is O=C(NCC1CCN(S(=O)(=O)c2ccccc2)CC1)c1ccc([N+](=O)[O-])s1. The van der Waals surface area contributed by atoms with E-state index in [1.807, 2.05) is 0 Å². The van der Waals surface area contributed by atoms with Gasteiger partial charge in [-0.2, -0.15) is 4.31 Å². The topological polar surface area (TPSA) is 110 Å². The highest BCUT2D eigenvalue weighted by Crippen LogP contribution is 2.25. The Morgan fingerprint density at radius 1 is 1.19 bits per heavy atom. The third kappa shape index (κ3) is 4.52. The number of nitrogens with one attached hydrogen (secondary N) is 1. The lowest BCUT2D eigenvalue weighted by atomic mass is 9.98.